The van der Waals surface area contributed by atoms with E-state index in [0.717, 1.165) is 25.6 Å². The van der Waals surface area contributed by atoms with Gasteiger partial charge in [0.2, 0.25) is 0 Å². The van der Waals surface area contributed by atoms with Crippen LogP contribution in [0.1, 0.15) is 11.8 Å². The number of guanidine groups is 1. The van der Waals surface area contributed by atoms with Crippen LogP contribution < -0.4 is 5.32 Å². The first kappa shape index (κ1) is 15.6. The van der Waals surface area contributed by atoms with E-state index in [1.165, 1.54) is 4.88 Å². The lowest BCUT2D eigenvalue weighted by molar-refractivity contribution is 0.0914. The normalized spacial score (nSPS) is 16.0. The molecule has 1 N–H and O–H groups in total. The zero-order chi connectivity index (χ0) is 15.1. The van der Waals surface area contributed by atoms with E-state index >= 15 is 0 Å². The van der Waals surface area contributed by atoms with E-state index in [9.17, 15) is 4.79 Å². The van der Waals surface area contributed by atoms with Crippen LogP contribution in [0.25, 0.3) is 0 Å². The van der Waals surface area contributed by atoms with Crippen molar-refractivity contribution < 1.29 is 9.53 Å². The second kappa shape index (κ2) is 7.87. The van der Waals surface area contributed by atoms with Gasteiger partial charge in [-0.05, 0) is 18.4 Å². The molecule has 6 nitrogen and oxygen atoms in total. The lowest BCUT2D eigenvalue weighted by atomic mass is 10.3. The van der Waals surface area contributed by atoms with Crippen LogP contribution in [0.4, 0.5) is 4.79 Å². The standard InChI is InChI=1S/C14H22N4O2S/c1-3-20-14(19)18-8-6-17(7-9-18)13(15-2)16-11-12-5-4-10-21-12/h4-5,10H,3,6-9,11H2,1-2H3,(H,15,16). The summed E-state index contributed by atoms with van der Waals surface area (Å²) < 4.78 is 5.02. The molecule has 1 amide bonds. The molecule has 0 spiro atoms. The van der Waals surface area contributed by atoms with Gasteiger partial charge in [-0.25, -0.2) is 4.79 Å². The first-order valence-electron chi connectivity index (χ1n) is 7.14. The largest absolute Gasteiger partial charge is 0.450 e. The monoisotopic (exact) mass is 310 g/mol. The molecule has 0 bridgehead atoms. The van der Waals surface area contributed by atoms with Crippen LogP contribution in [0, 0.1) is 0 Å². The average molecular weight is 310 g/mol. The van der Waals surface area contributed by atoms with Crippen LogP contribution in [0.15, 0.2) is 22.5 Å². The molecule has 0 radical (unpaired) electrons. The molecule has 2 heterocycles. The average Bonchev–Trinajstić information content (AvgIpc) is 3.02. The fraction of sp³-hybridized carbons (Fsp3) is 0.571. The molecular formula is C14H22N4O2S. The molecular weight excluding hydrogens is 288 g/mol. The van der Waals surface area contributed by atoms with Gasteiger partial charge in [-0.3, -0.25) is 4.99 Å². The summed E-state index contributed by atoms with van der Waals surface area (Å²) in [6.45, 7) is 5.89. The Morgan fingerprint density at radius 3 is 2.67 bits per heavy atom. The molecule has 1 fully saturated rings. The van der Waals surface area contributed by atoms with Crippen LogP contribution in [-0.4, -0.2) is 61.7 Å². The Bertz CT molecular complexity index is 467. The van der Waals surface area contributed by atoms with Gasteiger partial charge in [-0.15, -0.1) is 11.3 Å². The Balaban J connectivity index is 1.80. The maximum absolute atomic E-state index is 11.7. The van der Waals surface area contributed by atoms with Crippen LogP contribution in [0.3, 0.4) is 0 Å². The number of ether oxygens (including phenoxy) is 1. The summed E-state index contributed by atoms with van der Waals surface area (Å²) in [6.07, 6.45) is -0.223. The number of rotatable bonds is 3. The van der Waals surface area contributed by atoms with Crippen molar-refractivity contribution in [3.63, 3.8) is 0 Å². The van der Waals surface area contributed by atoms with Gasteiger partial charge in [-0.1, -0.05) is 6.07 Å². The number of carbonyl (C=O) groups excluding carboxylic acids is 1. The number of hydrogen-bond donors (Lipinski definition) is 1. The van der Waals surface area contributed by atoms with Gasteiger partial charge in [0.15, 0.2) is 5.96 Å². The van der Waals surface area contributed by atoms with E-state index in [4.69, 9.17) is 4.74 Å². The van der Waals surface area contributed by atoms with Crippen molar-refractivity contribution in [2.75, 3.05) is 39.8 Å². The van der Waals surface area contributed by atoms with E-state index in [1.807, 2.05) is 13.0 Å². The first-order chi connectivity index (χ1) is 10.2. The maximum Gasteiger partial charge on any atom is 0.409 e. The van der Waals surface area contributed by atoms with E-state index < -0.39 is 0 Å². The minimum atomic E-state index is -0.223. The highest BCUT2D eigenvalue weighted by atomic mass is 32.1. The summed E-state index contributed by atoms with van der Waals surface area (Å²) in [5, 5.41) is 5.43. The third-order valence-electron chi connectivity index (χ3n) is 3.32. The quantitative estimate of drug-likeness (QED) is 0.680. The van der Waals surface area contributed by atoms with Crippen molar-refractivity contribution >= 4 is 23.4 Å². The molecule has 116 valence electrons. The number of nitrogens with zero attached hydrogens (tertiary/aromatic N) is 3. The third-order valence-corrected chi connectivity index (χ3v) is 4.19. The zero-order valence-electron chi connectivity index (χ0n) is 12.5. The third kappa shape index (κ3) is 4.35. The topological polar surface area (TPSA) is 57.2 Å². The predicted octanol–water partition coefficient (Wildman–Crippen LogP) is 1.60. The molecule has 0 unspecified atom stereocenters. The Labute approximate surface area is 129 Å². The van der Waals surface area contributed by atoms with Crippen LogP contribution in [0.5, 0.6) is 0 Å². The number of aliphatic imine (C=N–C) groups is 1. The SMILES string of the molecule is CCOC(=O)N1CCN(C(=NC)NCc2cccs2)CC1. The molecule has 2 rings (SSSR count). The lowest BCUT2D eigenvalue weighted by Crippen LogP contribution is -2.53. The fourth-order valence-electron chi connectivity index (χ4n) is 2.23. The van der Waals surface area contributed by atoms with Crippen molar-refractivity contribution in [3.05, 3.63) is 22.4 Å². The second-order valence-corrected chi connectivity index (χ2v) is 5.69. The number of thiophene rings is 1. The van der Waals surface area contributed by atoms with E-state index in [0.29, 0.717) is 19.7 Å². The zero-order valence-corrected chi connectivity index (χ0v) is 13.4. The predicted molar refractivity (Wildman–Crippen MR) is 84.7 cm³/mol. The summed E-state index contributed by atoms with van der Waals surface area (Å²) in [5.74, 6) is 0.881. The summed E-state index contributed by atoms with van der Waals surface area (Å²) in [5.41, 5.74) is 0. The number of carbonyl (C=O) groups is 1. The van der Waals surface area contributed by atoms with E-state index in [2.05, 4.69) is 26.7 Å². The highest BCUT2D eigenvalue weighted by Gasteiger charge is 2.23. The molecule has 1 aromatic heterocycles. The minimum Gasteiger partial charge on any atom is -0.450 e. The number of piperazine rings is 1. The Kier molecular flexibility index (Phi) is 5.86. The Morgan fingerprint density at radius 1 is 1.38 bits per heavy atom. The molecule has 1 aromatic rings. The highest BCUT2D eigenvalue weighted by Crippen LogP contribution is 2.09. The van der Waals surface area contributed by atoms with Crippen molar-refractivity contribution in [1.82, 2.24) is 15.1 Å². The Morgan fingerprint density at radius 2 is 2.10 bits per heavy atom. The van der Waals surface area contributed by atoms with Crippen molar-refractivity contribution in [2.24, 2.45) is 4.99 Å². The summed E-state index contributed by atoms with van der Waals surface area (Å²) in [7, 11) is 1.79. The Hall–Kier alpha value is -1.76. The van der Waals surface area contributed by atoms with E-state index in [-0.39, 0.29) is 6.09 Å². The van der Waals surface area contributed by atoms with Crippen molar-refractivity contribution in [1.29, 1.82) is 0 Å². The first-order valence-corrected chi connectivity index (χ1v) is 8.02. The van der Waals surface area contributed by atoms with Gasteiger partial charge < -0.3 is 19.9 Å². The van der Waals surface area contributed by atoms with Gasteiger partial charge in [-0.2, -0.15) is 0 Å². The van der Waals surface area contributed by atoms with Crippen molar-refractivity contribution in [3.8, 4) is 0 Å². The fourth-order valence-corrected chi connectivity index (χ4v) is 2.87. The highest BCUT2D eigenvalue weighted by molar-refractivity contribution is 7.09. The number of nitrogens with one attached hydrogen (secondary N) is 1. The molecule has 1 aliphatic heterocycles. The summed E-state index contributed by atoms with van der Waals surface area (Å²) in [6, 6.07) is 4.15. The molecule has 0 saturated carbocycles. The summed E-state index contributed by atoms with van der Waals surface area (Å²) >= 11 is 1.73. The molecule has 0 atom stereocenters. The van der Waals surface area contributed by atoms with Gasteiger partial charge in [0.05, 0.1) is 13.2 Å². The van der Waals surface area contributed by atoms with Crippen molar-refractivity contribution in [2.45, 2.75) is 13.5 Å². The second-order valence-electron chi connectivity index (χ2n) is 4.65. The summed E-state index contributed by atoms with van der Waals surface area (Å²) in [4.78, 5) is 21.2. The minimum absolute atomic E-state index is 0.223. The maximum atomic E-state index is 11.7. The van der Waals surface area contributed by atoms with Gasteiger partial charge in [0.1, 0.15) is 0 Å². The molecule has 1 aliphatic rings. The molecule has 1 saturated heterocycles. The van der Waals surface area contributed by atoms with Gasteiger partial charge >= 0.3 is 6.09 Å². The van der Waals surface area contributed by atoms with Crippen LogP contribution in [-0.2, 0) is 11.3 Å². The number of hydrogen-bond acceptors (Lipinski definition) is 4. The lowest BCUT2D eigenvalue weighted by Gasteiger charge is -2.35. The molecule has 21 heavy (non-hydrogen) atoms. The number of amides is 1. The van der Waals surface area contributed by atoms with Gasteiger partial charge in [0.25, 0.3) is 0 Å². The molecule has 7 heteroatoms. The smallest absolute Gasteiger partial charge is 0.409 e. The van der Waals surface area contributed by atoms with E-state index in [1.54, 1.807) is 23.3 Å². The molecule has 0 aromatic carbocycles. The molecule has 0 aliphatic carbocycles. The van der Waals surface area contributed by atoms with Crippen LogP contribution >= 0.6 is 11.3 Å². The van der Waals surface area contributed by atoms with Crippen LogP contribution in [0.2, 0.25) is 0 Å². The van der Waals surface area contributed by atoms with Gasteiger partial charge in [0, 0.05) is 38.1 Å².